The highest BCUT2D eigenvalue weighted by molar-refractivity contribution is 6.31. The molecule has 0 aliphatic carbocycles. The summed E-state index contributed by atoms with van der Waals surface area (Å²) in [5, 5.41) is 0.619. The first-order valence-electron chi connectivity index (χ1n) is 5.27. The fourth-order valence-electron chi connectivity index (χ4n) is 1.71. The molecule has 0 spiro atoms. The molecule has 88 valence electrons. The number of benzene rings is 1. The van der Waals surface area contributed by atoms with Gasteiger partial charge in [0.15, 0.2) is 11.5 Å². The molecule has 0 amide bonds. The lowest BCUT2D eigenvalue weighted by Crippen LogP contribution is -2.13. The van der Waals surface area contributed by atoms with E-state index in [0.29, 0.717) is 23.1 Å². The van der Waals surface area contributed by atoms with E-state index >= 15 is 0 Å². The monoisotopic (exact) mass is 242 g/mol. The first-order chi connectivity index (χ1) is 7.72. The summed E-state index contributed by atoms with van der Waals surface area (Å²) in [5.74, 6) is 1.39. The summed E-state index contributed by atoms with van der Waals surface area (Å²) in [6.45, 7) is 0.878. The van der Waals surface area contributed by atoms with Crippen molar-refractivity contribution in [2.45, 2.75) is 18.9 Å². The predicted molar refractivity (Wildman–Crippen MR) is 62.8 cm³/mol. The molecule has 0 fully saturated rings. The Hall–Kier alpha value is -0.970. The van der Waals surface area contributed by atoms with Gasteiger partial charge in [0.1, 0.15) is 0 Å². The van der Waals surface area contributed by atoms with Crippen LogP contribution in [0.1, 0.15) is 24.4 Å². The molecule has 1 aromatic rings. The molecule has 1 aromatic carbocycles. The smallest absolute Gasteiger partial charge is 0.231 e. The summed E-state index contributed by atoms with van der Waals surface area (Å²) >= 11 is 6.13. The third-order valence-corrected chi connectivity index (χ3v) is 2.94. The lowest BCUT2D eigenvalue weighted by molar-refractivity contribution is 0.174. The molecule has 1 aliphatic rings. The van der Waals surface area contributed by atoms with Gasteiger partial charge >= 0.3 is 0 Å². The van der Waals surface area contributed by atoms with Crippen molar-refractivity contribution in [1.82, 2.24) is 0 Å². The predicted octanol–water partition coefficient (Wildman–Crippen LogP) is 1.81. The van der Waals surface area contributed by atoms with E-state index in [1.165, 1.54) is 0 Å². The molecule has 0 saturated carbocycles. The van der Waals surface area contributed by atoms with E-state index in [-0.39, 0.29) is 12.8 Å². The van der Waals surface area contributed by atoms with E-state index in [4.69, 9.17) is 32.5 Å². The number of ether oxygens (including phenoxy) is 2. The molecule has 1 heterocycles. The maximum Gasteiger partial charge on any atom is 0.231 e. The second kappa shape index (κ2) is 4.91. The number of nitrogens with two attached hydrogens (primary N) is 2. The van der Waals surface area contributed by atoms with Gasteiger partial charge in [-0.1, -0.05) is 11.6 Å². The molecule has 5 heteroatoms. The SMILES string of the molecule is NCCC[C@H](N)c1cc2c(cc1Cl)OCO2. The Bertz CT molecular complexity index is 384. The molecular weight excluding hydrogens is 228 g/mol. The van der Waals surface area contributed by atoms with Gasteiger partial charge in [-0.15, -0.1) is 0 Å². The second-order valence-corrected chi connectivity index (χ2v) is 4.17. The van der Waals surface area contributed by atoms with Gasteiger partial charge in [-0.25, -0.2) is 0 Å². The fourth-order valence-corrected chi connectivity index (χ4v) is 2.00. The van der Waals surface area contributed by atoms with Gasteiger partial charge in [0.25, 0.3) is 0 Å². The van der Waals surface area contributed by atoms with Crippen molar-refractivity contribution in [3.63, 3.8) is 0 Å². The third-order valence-electron chi connectivity index (χ3n) is 2.61. The Labute approximate surface area is 99.5 Å². The highest BCUT2D eigenvalue weighted by atomic mass is 35.5. The van der Waals surface area contributed by atoms with Gasteiger partial charge in [-0.05, 0) is 31.0 Å². The van der Waals surface area contributed by atoms with Crippen molar-refractivity contribution in [3.8, 4) is 11.5 Å². The molecule has 2 rings (SSSR count). The van der Waals surface area contributed by atoms with Crippen LogP contribution in [-0.4, -0.2) is 13.3 Å². The number of halogens is 1. The first-order valence-corrected chi connectivity index (χ1v) is 5.65. The molecule has 0 bridgehead atoms. The number of hydrogen-bond acceptors (Lipinski definition) is 4. The fraction of sp³-hybridized carbons (Fsp3) is 0.455. The average molecular weight is 243 g/mol. The van der Waals surface area contributed by atoms with Crippen LogP contribution < -0.4 is 20.9 Å². The summed E-state index contributed by atoms with van der Waals surface area (Å²) in [4.78, 5) is 0. The summed E-state index contributed by atoms with van der Waals surface area (Å²) in [6, 6.07) is 3.50. The van der Waals surface area contributed by atoms with E-state index in [1.807, 2.05) is 6.07 Å². The van der Waals surface area contributed by atoms with Crippen LogP contribution in [0.5, 0.6) is 11.5 Å². The largest absolute Gasteiger partial charge is 0.454 e. The number of fused-ring (bicyclic) bond motifs is 1. The van der Waals surface area contributed by atoms with E-state index in [1.54, 1.807) is 6.07 Å². The van der Waals surface area contributed by atoms with Gasteiger partial charge in [0.2, 0.25) is 6.79 Å². The molecule has 0 saturated heterocycles. The molecule has 0 radical (unpaired) electrons. The molecule has 16 heavy (non-hydrogen) atoms. The molecular formula is C11H15ClN2O2. The maximum absolute atomic E-state index is 6.13. The van der Waals surface area contributed by atoms with Gasteiger partial charge in [0, 0.05) is 17.1 Å². The van der Waals surface area contributed by atoms with Crippen molar-refractivity contribution in [2.24, 2.45) is 11.5 Å². The van der Waals surface area contributed by atoms with Crippen molar-refractivity contribution < 1.29 is 9.47 Å². The molecule has 0 unspecified atom stereocenters. The van der Waals surface area contributed by atoms with Crippen LogP contribution in [-0.2, 0) is 0 Å². The third kappa shape index (κ3) is 2.24. The Morgan fingerprint density at radius 2 is 2.00 bits per heavy atom. The van der Waals surface area contributed by atoms with E-state index in [9.17, 15) is 0 Å². The Morgan fingerprint density at radius 1 is 1.31 bits per heavy atom. The van der Waals surface area contributed by atoms with Crippen LogP contribution in [0.25, 0.3) is 0 Å². The van der Waals surface area contributed by atoms with Crippen molar-refractivity contribution in [2.75, 3.05) is 13.3 Å². The molecule has 1 atom stereocenters. The van der Waals surface area contributed by atoms with Crippen LogP contribution in [0.3, 0.4) is 0 Å². The molecule has 0 aromatic heterocycles. The second-order valence-electron chi connectivity index (χ2n) is 3.76. The van der Waals surface area contributed by atoms with Gasteiger partial charge in [-0.2, -0.15) is 0 Å². The van der Waals surface area contributed by atoms with Crippen molar-refractivity contribution in [1.29, 1.82) is 0 Å². The van der Waals surface area contributed by atoms with Crippen LogP contribution in [0.2, 0.25) is 5.02 Å². The molecule has 1 aliphatic heterocycles. The normalized spacial score (nSPS) is 15.2. The minimum absolute atomic E-state index is 0.106. The van der Waals surface area contributed by atoms with Gasteiger partial charge in [0.05, 0.1) is 0 Å². The highest BCUT2D eigenvalue weighted by Gasteiger charge is 2.19. The van der Waals surface area contributed by atoms with Crippen LogP contribution in [0.15, 0.2) is 12.1 Å². The maximum atomic E-state index is 6.13. The molecule has 4 nitrogen and oxygen atoms in total. The lowest BCUT2D eigenvalue weighted by atomic mass is 10.0. The van der Waals surface area contributed by atoms with Gasteiger partial charge < -0.3 is 20.9 Å². The van der Waals surface area contributed by atoms with Crippen molar-refractivity contribution >= 4 is 11.6 Å². The number of hydrogen-bond donors (Lipinski definition) is 2. The first kappa shape index (κ1) is 11.5. The van der Waals surface area contributed by atoms with Crippen LogP contribution >= 0.6 is 11.6 Å². The zero-order valence-electron chi connectivity index (χ0n) is 8.91. The number of rotatable bonds is 4. The average Bonchev–Trinajstić information content (AvgIpc) is 2.71. The zero-order chi connectivity index (χ0) is 11.5. The van der Waals surface area contributed by atoms with E-state index < -0.39 is 0 Å². The minimum Gasteiger partial charge on any atom is -0.454 e. The Morgan fingerprint density at radius 3 is 2.69 bits per heavy atom. The summed E-state index contributed by atoms with van der Waals surface area (Å²) < 4.78 is 10.5. The Kier molecular flexibility index (Phi) is 3.53. The summed E-state index contributed by atoms with van der Waals surface area (Å²) in [7, 11) is 0. The topological polar surface area (TPSA) is 70.5 Å². The van der Waals surface area contributed by atoms with E-state index in [0.717, 1.165) is 18.4 Å². The minimum atomic E-state index is -0.106. The van der Waals surface area contributed by atoms with Crippen molar-refractivity contribution in [3.05, 3.63) is 22.7 Å². The quantitative estimate of drug-likeness (QED) is 0.845. The van der Waals surface area contributed by atoms with Crippen LogP contribution in [0, 0.1) is 0 Å². The summed E-state index contributed by atoms with van der Waals surface area (Å²) in [5.41, 5.74) is 12.4. The molecule has 4 N–H and O–H groups in total. The lowest BCUT2D eigenvalue weighted by Gasteiger charge is -2.13. The van der Waals surface area contributed by atoms with E-state index in [2.05, 4.69) is 0 Å². The zero-order valence-corrected chi connectivity index (χ0v) is 9.67. The van der Waals surface area contributed by atoms with Gasteiger partial charge in [-0.3, -0.25) is 0 Å². The Balaban J connectivity index is 2.20. The summed E-state index contributed by atoms with van der Waals surface area (Å²) in [6.07, 6.45) is 1.70. The highest BCUT2D eigenvalue weighted by Crippen LogP contribution is 2.39. The van der Waals surface area contributed by atoms with Crippen LogP contribution in [0.4, 0.5) is 0 Å². The standard InChI is InChI=1S/C11H15ClN2O2/c12-8-5-11-10(15-6-16-11)4-7(8)9(14)2-1-3-13/h4-5,9H,1-3,6,13-14H2/t9-/m0/s1.